The summed E-state index contributed by atoms with van der Waals surface area (Å²) >= 11 is 3.43. The van der Waals surface area contributed by atoms with Crippen molar-refractivity contribution in [2.24, 2.45) is 7.05 Å². The molecule has 0 aliphatic heterocycles. The molecule has 0 N–H and O–H groups in total. The molecule has 0 aliphatic rings. The lowest BCUT2D eigenvalue weighted by molar-refractivity contribution is 0.0483. The average molecular weight is 247 g/mol. The van der Waals surface area contributed by atoms with Crippen LogP contribution in [0.2, 0.25) is 0 Å². The Morgan fingerprint density at radius 2 is 2.38 bits per heavy atom. The van der Waals surface area contributed by atoms with Gasteiger partial charge in [-0.2, -0.15) is 5.10 Å². The van der Waals surface area contributed by atoms with E-state index in [1.54, 1.807) is 4.68 Å². The molecule has 1 aromatic rings. The summed E-state index contributed by atoms with van der Waals surface area (Å²) in [6.45, 7) is 4.76. The molecule has 0 fully saturated rings. The van der Waals surface area contributed by atoms with Crippen LogP contribution in [-0.4, -0.2) is 15.9 Å². The molecule has 3 nitrogen and oxygen atoms in total. The Labute approximate surface area is 87.2 Å². The number of aryl methyl sites for hydroxylation is 1. The van der Waals surface area contributed by atoms with Gasteiger partial charge in [-0.15, -0.1) is 0 Å². The summed E-state index contributed by atoms with van der Waals surface area (Å²) in [7, 11) is 1.90. The second kappa shape index (κ2) is 4.77. The molecule has 1 heterocycles. The van der Waals surface area contributed by atoms with E-state index < -0.39 is 0 Å². The Morgan fingerprint density at radius 1 is 1.69 bits per heavy atom. The van der Waals surface area contributed by atoms with Gasteiger partial charge in [0.05, 0.1) is 17.2 Å². The molecule has 0 aromatic carbocycles. The average Bonchev–Trinajstić information content (AvgIpc) is 2.41. The highest BCUT2D eigenvalue weighted by molar-refractivity contribution is 9.10. The van der Waals surface area contributed by atoms with E-state index in [0.717, 1.165) is 16.6 Å². The fourth-order valence-corrected chi connectivity index (χ4v) is 1.43. The monoisotopic (exact) mass is 246 g/mol. The minimum absolute atomic E-state index is 0.300. The number of rotatable bonds is 4. The lowest BCUT2D eigenvalue weighted by Gasteiger charge is -2.08. The molecule has 4 heteroatoms. The summed E-state index contributed by atoms with van der Waals surface area (Å²) in [5.41, 5.74) is 0.961. The van der Waals surface area contributed by atoms with Gasteiger partial charge in [-0.25, -0.2) is 0 Å². The standard InChI is InChI=1S/C9H15BrN2O/c1-4-7(2)13-6-9-8(10)5-12(3)11-9/h5,7H,4,6H2,1-3H3. The maximum absolute atomic E-state index is 5.57. The zero-order chi connectivity index (χ0) is 9.84. The highest BCUT2D eigenvalue weighted by Crippen LogP contribution is 2.15. The highest BCUT2D eigenvalue weighted by Gasteiger charge is 2.06. The number of halogens is 1. The van der Waals surface area contributed by atoms with Crippen LogP contribution in [0.3, 0.4) is 0 Å². The summed E-state index contributed by atoms with van der Waals surface area (Å²) in [6.07, 6.45) is 3.26. The van der Waals surface area contributed by atoms with Crippen LogP contribution >= 0.6 is 15.9 Å². The van der Waals surface area contributed by atoms with Gasteiger partial charge in [0.2, 0.25) is 0 Å². The Bertz CT molecular complexity index is 273. The van der Waals surface area contributed by atoms with Crippen LogP contribution in [-0.2, 0) is 18.4 Å². The van der Waals surface area contributed by atoms with Crippen molar-refractivity contribution in [3.63, 3.8) is 0 Å². The van der Waals surface area contributed by atoms with E-state index >= 15 is 0 Å². The molecule has 1 atom stereocenters. The molecule has 74 valence electrons. The maximum atomic E-state index is 5.57. The van der Waals surface area contributed by atoms with Crippen LogP contribution in [0.4, 0.5) is 0 Å². The first kappa shape index (κ1) is 10.7. The molecule has 0 radical (unpaired) electrons. The Hall–Kier alpha value is -0.350. The zero-order valence-electron chi connectivity index (χ0n) is 8.25. The van der Waals surface area contributed by atoms with Crippen LogP contribution < -0.4 is 0 Å². The summed E-state index contributed by atoms with van der Waals surface area (Å²) in [5.74, 6) is 0. The van der Waals surface area contributed by atoms with Gasteiger partial charge in [-0.1, -0.05) is 6.92 Å². The third kappa shape index (κ3) is 3.12. The van der Waals surface area contributed by atoms with Gasteiger partial charge in [-0.3, -0.25) is 4.68 Å². The number of aromatic nitrogens is 2. The lowest BCUT2D eigenvalue weighted by Crippen LogP contribution is -2.06. The molecule has 1 rings (SSSR count). The molecule has 1 aromatic heterocycles. The van der Waals surface area contributed by atoms with Gasteiger partial charge in [-0.05, 0) is 29.3 Å². The SMILES string of the molecule is CCC(C)OCc1nn(C)cc1Br. The Morgan fingerprint density at radius 3 is 2.85 bits per heavy atom. The Kier molecular flexibility index (Phi) is 3.93. The third-order valence-electron chi connectivity index (χ3n) is 1.93. The van der Waals surface area contributed by atoms with E-state index in [1.807, 2.05) is 13.2 Å². The molecule has 1 unspecified atom stereocenters. The number of hydrogen-bond donors (Lipinski definition) is 0. The van der Waals surface area contributed by atoms with E-state index in [4.69, 9.17) is 4.74 Å². The summed E-state index contributed by atoms with van der Waals surface area (Å²) < 4.78 is 8.35. The molecule has 13 heavy (non-hydrogen) atoms. The minimum atomic E-state index is 0.300. The molecule has 0 amide bonds. The lowest BCUT2D eigenvalue weighted by atomic mass is 10.3. The first-order chi connectivity index (χ1) is 6.13. The molecular formula is C9H15BrN2O. The topological polar surface area (TPSA) is 27.1 Å². The van der Waals surface area contributed by atoms with E-state index in [-0.39, 0.29) is 0 Å². The number of ether oxygens (including phenoxy) is 1. The molecule has 0 bridgehead atoms. The normalized spacial score (nSPS) is 13.2. The summed E-state index contributed by atoms with van der Waals surface area (Å²) in [6, 6.07) is 0. The van der Waals surface area contributed by atoms with Crippen molar-refractivity contribution < 1.29 is 4.74 Å². The largest absolute Gasteiger partial charge is 0.372 e. The van der Waals surface area contributed by atoms with Crippen LogP contribution in [0, 0.1) is 0 Å². The predicted octanol–water partition coefficient (Wildman–Crippen LogP) is 2.50. The maximum Gasteiger partial charge on any atom is 0.102 e. The van der Waals surface area contributed by atoms with Crippen LogP contribution in [0.1, 0.15) is 26.0 Å². The van der Waals surface area contributed by atoms with Crippen molar-refractivity contribution in [3.05, 3.63) is 16.4 Å². The molecular weight excluding hydrogens is 232 g/mol. The minimum Gasteiger partial charge on any atom is -0.372 e. The van der Waals surface area contributed by atoms with E-state index in [9.17, 15) is 0 Å². The molecule has 0 aliphatic carbocycles. The quantitative estimate of drug-likeness (QED) is 0.817. The summed E-state index contributed by atoms with van der Waals surface area (Å²) in [4.78, 5) is 0. The Balaban J connectivity index is 2.49. The van der Waals surface area contributed by atoms with Gasteiger partial charge < -0.3 is 4.74 Å². The second-order valence-corrected chi connectivity index (χ2v) is 3.98. The zero-order valence-corrected chi connectivity index (χ0v) is 9.84. The van der Waals surface area contributed by atoms with Gasteiger partial charge in [0.15, 0.2) is 0 Å². The molecule has 0 spiro atoms. The second-order valence-electron chi connectivity index (χ2n) is 3.13. The van der Waals surface area contributed by atoms with Crippen molar-refractivity contribution in [2.75, 3.05) is 0 Å². The van der Waals surface area contributed by atoms with Crippen LogP contribution in [0.15, 0.2) is 10.7 Å². The van der Waals surface area contributed by atoms with Crippen LogP contribution in [0.25, 0.3) is 0 Å². The van der Waals surface area contributed by atoms with Gasteiger partial charge in [0.1, 0.15) is 5.69 Å². The number of hydrogen-bond acceptors (Lipinski definition) is 2. The number of nitrogens with zero attached hydrogens (tertiary/aromatic N) is 2. The van der Waals surface area contributed by atoms with E-state index in [2.05, 4.69) is 34.9 Å². The van der Waals surface area contributed by atoms with Crippen molar-refractivity contribution in [1.29, 1.82) is 0 Å². The highest BCUT2D eigenvalue weighted by atomic mass is 79.9. The van der Waals surface area contributed by atoms with Gasteiger partial charge >= 0.3 is 0 Å². The van der Waals surface area contributed by atoms with E-state index in [1.165, 1.54) is 0 Å². The van der Waals surface area contributed by atoms with Crippen molar-refractivity contribution in [3.8, 4) is 0 Å². The van der Waals surface area contributed by atoms with Gasteiger partial charge in [0.25, 0.3) is 0 Å². The molecule has 0 saturated heterocycles. The van der Waals surface area contributed by atoms with Crippen molar-refractivity contribution in [1.82, 2.24) is 9.78 Å². The van der Waals surface area contributed by atoms with E-state index in [0.29, 0.717) is 12.7 Å². The first-order valence-electron chi connectivity index (χ1n) is 4.43. The smallest absolute Gasteiger partial charge is 0.102 e. The predicted molar refractivity (Wildman–Crippen MR) is 55.5 cm³/mol. The van der Waals surface area contributed by atoms with Crippen molar-refractivity contribution >= 4 is 15.9 Å². The molecule has 0 saturated carbocycles. The van der Waals surface area contributed by atoms with Gasteiger partial charge in [0, 0.05) is 13.2 Å². The fraction of sp³-hybridized carbons (Fsp3) is 0.667. The third-order valence-corrected chi connectivity index (χ3v) is 2.60. The summed E-state index contributed by atoms with van der Waals surface area (Å²) in [5, 5.41) is 4.26. The van der Waals surface area contributed by atoms with Crippen molar-refractivity contribution in [2.45, 2.75) is 33.0 Å². The first-order valence-corrected chi connectivity index (χ1v) is 5.22. The van der Waals surface area contributed by atoms with Crippen LogP contribution in [0.5, 0.6) is 0 Å². The fourth-order valence-electron chi connectivity index (χ4n) is 0.942.